The van der Waals surface area contributed by atoms with Gasteiger partial charge >= 0.3 is 0 Å². The average Bonchev–Trinajstić information content (AvgIpc) is 2.21. The van der Waals surface area contributed by atoms with E-state index in [2.05, 4.69) is 0 Å². The Bertz CT molecular complexity index is 426. The van der Waals surface area contributed by atoms with Crippen LogP contribution in [0.25, 0.3) is 0 Å². The van der Waals surface area contributed by atoms with Crippen LogP contribution in [0.1, 0.15) is 6.42 Å². The molecule has 1 aromatic rings. The van der Waals surface area contributed by atoms with E-state index in [0.717, 1.165) is 17.0 Å². The third kappa shape index (κ3) is 2.50. The molecule has 78 valence electrons. The Balaban J connectivity index is 2.92. The summed E-state index contributed by atoms with van der Waals surface area (Å²) >= 11 is 0. The van der Waals surface area contributed by atoms with E-state index in [0.29, 0.717) is 0 Å². The zero-order valence-corrected chi connectivity index (χ0v) is 8.00. The molecule has 0 radical (unpaired) electrons. The van der Waals surface area contributed by atoms with Crippen LogP contribution in [0.15, 0.2) is 18.2 Å². The minimum atomic E-state index is -1.02. The van der Waals surface area contributed by atoms with Crippen molar-refractivity contribution in [1.29, 1.82) is 5.26 Å². The van der Waals surface area contributed by atoms with Crippen molar-refractivity contribution in [3.63, 3.8) is 0 Å². The molecule has 5 heteroatoms. The van der Waals surface area contributed by atoms with Crippen molar-refractivity contribution in [2.75, 3.05) is 11.9 Å². The summed E-state index contributed by atoms with van der Waals surface area (Å²) in [7, 11) is 1.40. The number of nitriles is 1. The van der Waals surface area contributed by atoms with Crippen LogP contribution in [0, 0.1) is 23.0 Å². The van der Waals surface area contributed by atoms with Crippen molar-refractivity contribution in [3.05, 3.63) is 29.8 Å². The molecule has 0 aromatic heterocycles. The zero-order chi connectivity index (χ0) is 11.4. The minimum absolute atomic E-state index is 0.217. The molecule has 1 rings (SSSR count). The van der Waals surface area contributed by atoms with Crippen LogP contribution in [0.2, 0.25) is 0 Å². The number of hydrogen-bond acceptors (Lipinski definition) is 2. The highest BCUT2D eigenvalue weighted by atomic mass is 19.2. The van der Waals surface area contributed by atoms with Gasteiger partial charge in [-0.3, -0.25) is 4.79 Å². The van der Waals surface area contributed by atoms with Crippen molar-refractivity contribution in [3.8, 4) is 6.07 Å². The average molecular weight is 210 g/mol. The molecule has 15 heavy (non-hydrogen) atoms. The maximum Gasteiger partial charge on any atom is 0.240 e. The van der Waals surface area contributed by atoms with Crippen LogP contribution in [0.5, 0.6) is 0 Å². The van der Waals surface area contributed by atoms with Gasteiger partial charge in [0.05, 0.1) is 6.07 Å². The molecule has 1 amide bonds. The van der Waals surface area contributed by atoms with Crippen LogP contribution >= 0.6 is 0 Å². The van der Waals surface area contributed by atoms with Crippen LogP contribution in [-0.4, -0.2) is 13.0 Å². The molecular formula is C10H8F2N2O. The fourth-order valence-corrected chi connectivity index (χ4v) is 1.02. The van der Waals surface area contributed by atoms with E-state index in [9.17, 15) is 13.6 Å². The van der Waals surface area contributed by atoms with Gasteiger partial charge in [0.2, 0.25) is 5.91 Å². The lowest BCUT2D eigenvalue weighted by Crippen LogP contribution is -2.25. The highest BCUT2D eigenvalue weighted by molar-refractivity contribution is 5.93. The van der Waals surface area contributed by atoms with Crippen LogP contribution in [0.4, 0.5) is 14.5 Å². The third-order valence-electron chi connectivity index (χ3n) is 1.89. The zero-order valence-electron chi connectivity index (χ0n) is 8.00. The highest BCUT2D eigenvalue weighted by Crippen LogP contribution is 2.17. The topological polar surface area (TPSA) is 44.1 Å². The molecular weight excluding hydrogens is 202 g/mol. The molecule has 0 fully saturated rings. The first-order valence-electron chi connectivity index (χ1n) is 4.15. The van der Waals surface area contributed by atoms with Crippen LogP contribution in [0.3, 0.4) is 0 Å². The van der Waals surface area contributed by atoms with Gasteiger partial charge in [0, 0.05) is 18.8 Å². The Kier molecular flexibility index (Phi) is 3.34. The fourth-order valence-electron chi connectivity index (χ4n) is 1.02. The van der Waals surface area contributed by atoms with E-state index < -0.39 is 17.5 Å². The van der Waals surface area contributed by atoms with Gasteiger partial charge in [-0.1, -0.05) is 0 Å². The maximum atomic E-state index is 12.8. The second-order valence-corrected chi connectivity index (χ2v) is 2.89. The maximum absolute atomic E-state index is 12.8. The summed E-state index contributed by atoms with van der Waals surface area (Å²) in [5, 5.41) is 8.30. The Morgan fingerprint density at radius 1 is 1.47 bits per heavy atom. The van der Waals surface area contributed by atoms with Gasteiger partial charge in [0.1, 0.15) is 6.42 Å². The molecule has 1 aromatic carbocycles. The summed E-state index contributed by atoms with van der Waals surface area (Å²) in [6, 6.07) is 4.80. The Hall–Kier alpha value is -1.96. The molecule has 0 saturated carbocycles. The summed E-state index contributed by atoms with van der Waals surface area (Å²) < 4.78 is 25.4. The number of carbonyl (C=O) groups excluding carboxylic acids is 1. The predicted molar refractivity (Wildman–Crippen MR) is 50.0 cm³/mol. The predicted octanol–water partition coefficient (Wildman–Crippen LogP) is 1.84. The molecule has 0 atom stereocenters. The highest BCUT2D eigenvalue weighted by Gasteiger charge is 2.12. The van der Waals surface area contributed by atoms with E-state index in [4.69, 9.17) is 5.26 Å². The Labute approximate surface area is 85.5 Å². The lowest BCUT2D eigenvalue weighted by molar-refractivity contribution is -0.117. The normalized spacial score (nSPS) is 9.47. The molecule has 0 heterocycles. The molecule has 0 aliphatic heterocycles. The fraction of sp³-hybridized carbons (Fsp3) is 0.200. The molecule has 0 unspecified atom stereocenters. The molecule has 0 spiro atoms. The van der Waals surface area contributed by atoms with Gasteiger partial charge in [-0.25, -0.2) is 8.78 Å². The molecule has 0 aliphatic rings. The van der Waals surface area contributed by atoms with Crippen molar-refractivity contribution in [2.24, 2.45) is 0 Å². The van der Waals surface area contributed by atoms with Crippen molar-refractivity contribution in [1.82, 2.24) is 0 Å². The summed E-state index contributed by atoms with van der Waals surface area (Å²) in [6.07, 6.45) is -0.296. The lowest BCUT2D eigenvalue weighted by atomic mass is 10.2. The van der Waals surface area contributed by atoms with E-state index in [1.807, 2.05) is 0 Å². The monoisotopic (exact) mass is 210 g/mol. The number of carbonyl (C=O) groups is 1. The van der Waals surface area contributed by atoms with Crippen molar-refractivity contribution < 1.29 is 13.6 Å². The number of amides is 1. The number of hydrogen-bond donors (Lipinski definition) is 0. The standard InChI is InChI=1S/C10H8F2N2O/c1-14(10(15)4-5-13)7-2-3-8(11)9(12)6-7/h2-3,6H,4H2,1H3. The molecule has 0 aliphatic carbocycles. The van der Waals surface area contributed by atoms with Gasteiger partial charge in [-0.2, -0.15) is 5.26 Å². The SMILES string of the molecule is CN(C(=O)CC#N)c1ccc(F)c(F)c1. The first kappa shape index (κ1) is 11.1. The van der Waals surface area contributed by atoms with Gasteiger partial charge < -0.3 is 4.90 Å². The van der Waals surface area contributed by atoms with E-state index in [1.54, 1.807) is 6.07 Å². The second kappa shape index (κ2) is 4.51. The number of nitrogens with zero attached hydrogens (tertiary/aromatic N) is 2. The van der Waals surface area contributed by atoms with Gasteiger partial charge in [-0.15, -0.1) is 0 Å². The molecule has 3 nitrogen and oxygen atoms in total. The first-order chi connectivity index (χ1) is 7.06. The van der Waals surface area contributed by atoms with Gasteiger partial charge in [-0.05, 0) is 12.1 Å². The van der Waals surface area contributed by atoms with Crippen molar-refractivity contribution in [2.45, 2.75) is 6.42 Å². The largest absolute Gasteiger partial charge is 0.314 e. The number of anilines is 1. The Morgan fingerprint density at radius 2 is 2.13 bits per heavy atom. The summed E-state index contributed by atoms with van der Waals surface area (Å²) in [4.78, 5) is 12.3. The van der Waals surface area contributed by atoms with Crippen LogP contribution in [-0.2, 0) is 4.79 Å². The molecule has 0 saturated heterocycles. The number of benzene rings is 1. The number of halogens is 2. The lowest BCUT2D eigenvalue weighted by Gasteiger charge is -2.15. The van der Waals surface area contributed by atoms with Gasteiger partial charge in [0.15, 0.2) is 11.6 Å². The summed E-state index contributed by atoms with van der Waals surface area (Å²) in [6.45, 7) is 0. The summed E-state index contributed by atoms with van der Waals surface area (Å²) in [5.74, 6) is -2.47. The van der Waals surface area contributed by atoms with Gasteiger partial charge in [0.25, 0.3) is 0 Å². The van der Waals surface area contributed by atoms with E-state index in [-0.39, 0.29) is 12.1 Å². The van der Waals surface area contributed by atoms with Crippen molar-refractivity contribution >= 4 is 11.6 Å². The quantitative estimate of drug-likeness (QED) is 0.747. The van der Waals surface area contributed by atoms with E-state index in [1.165, 1.54) is 13.1 Å². The van der Waals surface area contributed by atoms with Crippen LogP contribution < -0.4 is 4.90 Å². The summed E-state index contributed by atoms with van der Waals surface area (Å²) in [5.41, 5.74) is 0.217. The van der Waals surface area contributed by atoms with E-state index >= 15 is 0 Å². The smallest absolute Gasteiger partial charge is 0.240 e. The third-order valence-corrected chi connectivity index (χ3v) is 1.89. The first-order valence-corrected chi connectivity index (χ1v) is 4.15. The minimum Gasteiger partial charge on any atom is -0.314 e. The Morgan fingerprint density at radius 3 is 2.67 bits per heavy atom. The molecule has 0 bridgehead atoms. The molecule has 0 N–H and O–H groups in total. The second-order valence-electron chi connectivity index (χ2n) is 2.89. The number of rotatable bonds is 2.